The summed E-state index contributed by atoms with van der Waals surface area (Å²) >= 11 is 0. The van der Waals surface area contributed by atoms with Crippen LogP contribution >= 0.6 is 0 Å². The molecule has 0 fully saturated rings. The average molecular weight is 505 g/mol. The van der Waals surface area contributed by atoms with Crippen molar-refractivity contribution in [3.63, 3.8) is 0 Å². The zero-order valence-electron chi connectivity index (χ0n) is 21.2. The molecule has 0 amide bonds. The third-order valence-electron chi connectivity index (χ3n) is 5.63. The van der Waals surface area contributed by atoms with Crippen molar-refractivity contribution < 1.29 is 28.9 Å². The van der Waals surface area contributed by atoms with Gasteiger partial charge in [-0.1, -0.05) is 48.5 Å². The fraction of sp³-hybridized carbons (Fsp3) is 0.241. The fourth-order valence-corrected chi connectivity index (χ4v) is 3.88. The molecule has 0 aromatic heterocycles. The number of nitrogens with one attached hydrogen (secondary N) is 2. The second kappa shape index (κ2) is 13.8. The number of rotatable bonds is 10. The van der Waals surface area contributed by atoms with Gasteiger partial charge in [0.1, 0.15) is 0 Å². The van der Waals surface area contributed by atoms with E-state index in [4.69, 9.17) is 14.2 Å². The van der Waals surface area contributed by atoms with Crippen molar-refractivity contribution in [2.75, 3.05) is 58.3 Å². The molecular formula is C29H32N2O6. The van der Waals surface area contributed by atoms with Crippen LogP contribution in [0.5, 0.6) is 0 Å². The van der Waals surface area contributed by atoms with Crippen molar-refractivity contribution >= 4 is 44.9 Å². The molecular weight excluding hydrogens is 472 g/mol. The normalized spacial score (nSPS) is 10.5. The van der Waals surface area contributed by atoms with E-state index in [2.05, 4.69) is 10.6 Å². The van der Waals surface area contributed by atoms with Gasteiger partial charge in [0.25, 0.3) is 0 Å². The Bertz CT molecular complexity index is 1360. The van der Waals surface area contributed by atoms with Gasteiger partial charge in [-0.15, -0.1) is 0 Å². The van der Waals surface area contributed by atoms with Crippen LogP contribution in [-0.2, 0) is 14.2 Å². The standard InChI is InChI=1S/C15H17NO3.C14H15NO3/c1-18-8-7-16-12-9-11-5-3-4-6-13(11)14(10-12)15(17)19-2;1-18-7-6-15-11-8-10-4-2-3-5-12(10)13(9-11)14(16)17/h3-6,9-10,16H,7-8H2,1-2H3;2-5,8-9,15H,6-7H2,1H3,(H,16,17). The summed E-state index contributed by atoms with van der Waals surface area (Å²) in [6.07, 6.45) is 0. The van der Waals surface area contributed by atoms with E-state index >= 15 is 0 Å². The number of hydrogen-bond donors (Lipinski definition) is 3. The lowest BCUT2D eigenvalue weighted by Crippen LogP contribution is -2.09. The SMILES string of the molecule is COCCNc1cc(C(=O)O)c2ccccc2c1.COCCNc1cc(C(=O)OC)c2ccccc2c1. The lowest BCUT2D eigenvalue weighted by Gasteiger charge is -2.10. The van der Waals surface area contributed by atoms with Crippen LogP contribution < -0.4 is 10.6 Å². The molecule has 0 aliphatic heterocycles. The first-order chi connectivity index (χ1) is 18.0. The summed E-state index contributed by atoms with van der Waals surface area (Å²) in [5, 5.41) is 19.2. The zero-order valence-corrected chi connectivity index (χ0v) is 21.2. The summed E-state index contributed by atoms with van der Waals surface area (Å²) in [6.45, 7) is 2.53. The van der Waals surface area contributed by atoms with Gasteiger partial charge in [-0.05, 0) is 45.8 Å². The third-order valence-corrected chi connectivity index (χ3v) is 5.63. The van der Waals surface area contributed by atoms with Crippen LogP contribution in [0.15, 0.2) is 72.8 Å². The molecule has 0 saturated carbocycles. The van der Waals surface area contributed by atoms with E-state index in [0.717, 1.165) is 32.9 Å². The van der Waals surface area contributed by atoms with E-state index < -0.39 is 5.97 Å². The maximum absolute atomic E-state index is 11.8. The Morgan fingerprint density at radius 3 is 1.62 bits per heavy atom. The fourth-order valence-electron chi connectivity index (χ4n) is 3.88. The van der Waals surface area contributed by atoms with Gasteiger partial charge in [-0.3, -0.25) is 0 Å². The first-order valence-corrected chi connectivity index (χ1v) is 11.8. The average Bonchev–Trinajstić information content (AvgIpc) is 2.92. The molecule has 0 aliphatic carbocycles. The van der Waals surface area contributed by atoms with E-state index in [9.17, 15) is 14.7 Å². The number of anilines is 2. The van der Waals surface area contributed by atoms with E-state index in [0.29, 0.717) is 37.4 Å². The number of carboxylic acid groups (broad SMARTS) is 1. The molecule has 4 aromatic rings. The van der Waals surface area contributed by atoms with Crippen LogP contribution in [0, 0.1) is 0 Å². The van der Waals surface area contributed by atoms with Gasteiger partial charge in [-0.2, -0.15) is 0 Å². The van der Waals surface area contributed by atoms with Crippen LogP contribution in [0.3, 0.4) is 0 Å². The lowest BCUT2D eigenvalue weighted by atomic mass is 10.0. The smallest absolute Gasteiger partial charge is 0.338 e. The maximum atomic E-state index is 11.8. The molecule has 8 nitrogen and oxygen atoms in total. The predicted octanol–water partition coefficient (Wildman–Crippen LogP) is 5.28. The second-order valence-corrected chi connectivity index (χ2v) is 8.13. The minimum absolute atomic E-state index is 0.313. The van der Waals surface area contributed by atoms with Crippen LogP contribution in [0.4, 0.5) is 11.4 Å². The van der Waals surface area contributed by atoms with Crippen LogP contribution in [-0.4, -0.2) is 64.7 Å². The first kappa shape index (κ1) is 27.4. The molecule has 8 heteroatoms. The molecule has 4 aromatic carbocycles. The number of fused-ring (bicyclic) bond motifs is 2. The number of carbonyl (C=O) groups excluding carboxylic acids is 1. The maximum Gasteiger partial charge on any atom is 0.338 e. The van der Waals surface area contributed by atoms with E-state index in [1.165, 1.54) is 7.11 Å². The number of benzene rings is 4. The number of hydrogen-bond acceptors (Lipinski definition) is 7. The summed E-state index contributed by atoms with van der Waals surface area (Å²) in [4.78, 5) is 23.1. The van der Waals surface area contributed by atoms with Gasteiger partial charge in [0, 0.05) is 38.7 Å². The molecule has 0 unspecified atom stereocenters. The molecule has 0 spiro atoms. The monoisotopic (exact) mass is 504 g/mol. The van der Waals surface area contributed by atoms with Crippen molar-refractivity contribution in [1.82, 2.24) is 0 Å². The highest BCUT2D eigenvalue weighted by Crippen LogP contribution is 2.25. The minimum atomic E-state index is -0.915. The van der Waals surface area contributed by atoms with E-state index in [1.807, 2.05) is 66.7 Å². The number of carbonyl (C=O) groups is 2. The molecule has 0 saturated heterocycles. The van der Waals surface area contributed by atoms with E-state index in [1.54, 1.807) is 20.3 Å². The topological polar surface area (TPSA) is 106 Å². The number of methoxy groups -OCH3 is 3. The van der Waals surface area contributed by atoms with Gasteiger partial charge in [-0.25, -0.2) is 9.59 Å². The largest absolute Gasteiger partial charge is 0.478 e. The van der Waals surface area contributed by atoms with Gasteiger partial charge < -0.3 is 30.0 Å². The third kappa shape index (κ3) is 7.42. The summed E-state index contributed by atoms with van der Waals surface area (Å²) < 4.78 is 14.8. The van der Waals surface area contributed by atoms with Gasteiger partial charge in [0.05, 0.1) is 31.5 Å². The summed E-state index contributed by atoms with van der Waals surface area (Å²) in [5.41, 5.74) is 2.56. The van der Waals surface area contributed by atoms with Crippen molar-refractivity contribution in [3.8, 4) is 0 Å². The molecule has 0 bridgehead atoms. The van der Waals surface area contributed by atoms with Crippen LogP contribution in [0.2, 0.25) is 0 Å². The Morgan fingerprint density at radius 2 is 1.16 bits per heavy atom. The minimum Gasteiger partial charge on any atom is -0.478 e. The Hall–Kier alpha value is -4.14. The van der Waals surface area contributed by atoms with Gasteiger partial charge in [0.15, 0.2) is 0 Å². The molecule has 3 N–H and O–H groups in total. The Balaban J connectivity index is 0.000000206. The summed E-state index contributed by atoms with van der Waals surface area (Å²) in [5.74, 6) is -1.24. The molecule has 0 aliphatic rings. The zero-order chi connectivity index (χ0) is 26.6. The second-order valence-electron chi connectivity index (χ2n) is 8.13. The van der Waals surface area contributed by atoms with Crippen molar-refractivity contribution in [3.05, 3.63) is 83.9 Å². The first-order valence-electron chi connectivity index (χ1n) is 11.8. The Kier molecular flexibility index (Phi) is 10.3. The Morgan fingerprint density at radius 1 is 0.703 bits per heavy atom. The molecule has 4 rings (SSSR count). The highest BCUT2D eigenvalue weighted by atomic mass is 16.5. The summed E-state index contributed by atoms with van der Waals surface area (Å²) in [6, 6.07) is 22.6. The molecule has 0 heterocycles. The van der Waals surface area contributed by atoms with Crippen molar-refractivity contribution in [2.24, 2.45) is 0 Å². The number of carboxylic acids is 1. The van der Waals surface area contributed by atoms with Crippen LogP contribution in [0.25, 0.3) is 21.5 Å². The number of esters is 1. The Labute approximate surface area is 216 Å². The highest BCUT2D eigenvalue weighted by molar-refractivity contribution is 6.06. The van der Waals surface area contributed by atoms with Crippen molar-refractivity contribution in [2.45, 2.75) is 0 Å². The van der Waals surface area contributed by atoms with Gasteiger partial charge >= 0.3 is 11.9 Å². The summed E-state index contributed by atoms with van der Waals surface area (Å²) in [7, 11) is 4.68. The quantitative estimate of drug-likeness (QED) is 0.198. The number of aromatic carboxylic acids is 1. The van der Waals surface area contributed by atoms with Crippen molar-refractivity contribution in [1.29, 1.82) is 0 Å². The van der Waals surface area contributed by atoms with Crippen LogP contribution in [0.1, 0.15) is 20.7 Å². The number of ether oxygens (including phenoxy) is 3. The highest BCUT2D eigenvalue weighted by Gasteiger charge is 2.12. The van der Waals surface area contributed by atoms with E-state index in [-0.39, 0.29) is 5.97 Å². The molecule has 37 heavy (non-hydrogen) atoms. The molecule has 0 radical (unpaired) electrons. The molecule has 0 atom stereocenters. The lowest BCUT2D eigenvalue weighted by molar-refractivity contribution is 0.0602. The van der Waals surface area contributed by atoms with Gasteiger partial charge in [0.2, 0.25) is 0 Å². The molecule has 194 valence electrons. The predicted molar refractivity (Wildman–Crippen MR) is 147 cm³/mol.